The molecule has 0 amide bonds. The Bertz CT molecular complexity index is 271. The van der Waals surface area contributed by atoms with Crippen molar-refractivity contribution >= 4 is 5.78 Å². The molecule has 2 fully saturated rings. The van der Waals surface area contributed by atoms with Crippen molar-refractivity contribution in [1.29, 1.82) is 0 Å². The average Bonchev–Trinajstić information content (AvgIpc) is 2.96. The van der Waals surface area contributed by atoms with E-state index in [0.717, 1.165) is 38.8 Å². The van der Waals surface area contributed by atoms with Gasteiger partial charge in [0.15, 0.2) is 5.78 Å². The van der Waals surface area contributed by atoms with E-state index in [1.807, 2.05) is 0 Å². The van der Waals surface area contributed by atoms with Crippen LogP contribution in [0.4, 0.5) is 0 Å². The number of rotatable bonds is 5. The summed E-state index contributed by atoms with van der Waals surface area (Å²) >= 11 is 0. The highest BCUT2D eigenvalue weighted by Crippen LogP contribution is 2.36. The van der Waals surface area contributed by atoms with Gasteiger partial charge >= 0.3 is 0 Å². The Morgan fingerprint density at radius 3 is 2.06 bits per heavy atom. The summed E-state index contributed by atoms with van der Waals surface area (Å²) in [6.07, 6.45) is 10.7. The van der Waals surface area contributed by atoms with Crippen molar-refractivity contribution in [3.8, 4) is 0 Å². The number of likely N-dealkylation sites (tertiary alicyclic amines) is 1. The number of hydrogen-bond acceptors (Lipinski definition) is 2. The Morgan fingerprint density at radius 2 is 1.56 bits per heavy atom. The van der Waals surface area contributed by atoms with E-state index < -0.39 is 0 Å². The van der Waals surface area contributed by atoms with Crippen molar-refractivity contribution in [2.24, 2.45) is 5.92 Å². The lowest BCUT2D eigenvalue weighted by Gasteiger charge is -2.42. The van der Waals surface area contributed by atoms with Gasteiger partial charge in [-0.3, -0.25) is 9.69 Å². The van der Waals surface area contributed by atoms with E-state index in [4.69, 9.17) is 0 Å². The Hall–Kier alpha value is -0.370. The molecule has 1 aliphatic carbocycles. The van der Waals surface area contributed by atoms with Crippen LogP contribution in [0.2, 0.25) is 0 Å². The fraction of sp³-hybridized carbons (Fsp3) is 0.938. The second-order valence-electron chi connectivity index (χ2n) is 6.13. The van der Waals surface area contributed by atoms with E-state index in [-0.39, 0.29) is 5.54 Å². The number of carbonyl (C=O) groups is 1. The summed E-state index contributed by atoms with van der Waals surface area (Å²) in [4.78, 5) is 15.5. The molecule has 1 saturated heterocycles. The molecule has 1 saturated carbocycles. The molecule has 1 heterocycles. The minimum atomic E-state index is -0.126. The SMILES string of the molecule is CCC(CC)(C(=O)C1CCCCC1)N1CCCC1. The molecule has 104 valence electrons. The molecule has 0 aromatic rings. The summed E-state index contributed by atoms with van der Waals surface area (Å²) in [5, 5.41) is 0. The molecule has 2 aliphatic rings. The van der Waals surface area contributed by atoms with Crippen molar-refractivity contribution in [1.82, 2.24) is 4.90 Å². The van der Waals surface area contributed by atoms with Crippen molar-refractivity contribution in [2.45, 2.75) is 77.2 Å². The Labute approximate surface area is 112 Å². The van der Waals surface area contributed by atoms with Gasteiger partial charge in [-0.1, -0.05) is 33.1 Å². The molecule has 0 atom stereocenters. The lowest BCUT2D eigenvalue weighted by Crippen LogP contribution is -2.55. The van der Waals surface area contributed by atoms with Crippen LogP contribution in [0.1, 0.15) is 71.6 Å². The third-order valence-corrected chi connectivity index (χ3v) is 5.32. The number of nitrogens with zero attached hydrogens (tertiary/aromatic N) is 1. The third kappa shape index (κ3) is 2.49. The molecule has 0 N–H and O–H groups in total. The van der Waals surface area contributed by atoms with E-state index >= 15 is 0 Å². The molecule has 0 unspecified atom stereocenters. The molecule has 0 aromatic carbocycles. The summed E-state index contributed by atoms with van der Waals surface area (Å²) in [6, 6.07) is 0. The maximum Gasteiger partial charge on any atom is 0.156 e. The van der Waals surface area contributed by atoms with Crippen LogP contribution < -0.4 is 0 Å². The molecule has 1 aliphatic heterocycles. The van der Waals surface area contributed by atoms with E-state index in [1.54, 1.807) is 0 Å². The molecule has 0 bridgehead atoms. The molecule has 18 heavy (non-hydrogen) atoms. The second kappa shape index (κ2) is 6.18. The summed E-state index contributed by atoms with van der Waals surface area (Å²) < 4.78 is 0. The molecular formula is C16H29NO. The van der Waals surface area contributed by atoms with Gasteiger partial charge in [0.2, 0.25) is 0 Å². The van der Waals surface area contributed by atoms with Crippen LogP contribution in [0.3, 0.4) is 0 Å². The highest BCUT2D eigenvalue weighted by molar-refractivity contribution is 5.90. The lowest BCUT2D eigenvalue weighted by molar-refractivity contribution is -0.136. The van der Waals surface area contributed by atoms with Crippen molar-refractivity contribution in [2.75, 3.05) is 13.1 Å². The number of Topliss-reactive ketones (excluding diaryl/α,β-unsaturated/α-hetero) is 1. The summed E-state index contributed by atoms with van der Waals surface area (Å²) in [5.41, 5.74) is -0.126. The zero-order valence-electron chi connectivity index (χ0n) is 12.2. The van der Waals surface area contributed by atoms with Gasteiger partial charge in [0.05, 0.1) is 5.54 Å². The highest BCUT2D eigenvalue weighted by atomic mass is 16.1. The molecular weight excluding hydrogens is 222 g/mol. The smallest absolute Gasteiger partial charge is 0.156 e. The predicted molar refractivity (Wildman–Crippen MR) is 75.7 cm³/mol. The predicted octanol–water partition coefficient (Wildman–Crippen LogP) is 3.79. The Kier molecular flexibility index (Phi) is 4.83. The minimum absolute atomic E-state index is 0.126. The van der Waals surface area contributed by atoms with Crippen LogP contribution in [0.5, 0.6) is 0 Å². The van der Waals surface area contributed by atoms with Gasteiger partial charge in [0.1, 0.15) is 0 Å². The summed E-state index contributed by atoms with van der Waals surface area (Å²) in [7, 11) is 0. The third-order valence-electron chi connectivity index (χ3n) is 5.32. The fourth-order valence-corrected chi connectivity index (χ4v) is 4.09. The van der Waals surface area contributed by atoms with Gasteiger partial charge in [-0.25, -0.2) is 0 Å². The standard InChI is InChI=1S/C16H29NO/c1-3-16(4-2,17-12-8-9-13-17)15(18)14-10-6-5-7-11-14/h14H,3-13H2,1-2H3. The quantitative estimate of drug-likeness (QED) is 0.741. The van der Waals surface area contributed by atoms with Gasteiger partial charge in [-0.05, 0) is 51.6 Å². The first-order valence-corrected chi connectivity index (χ1v) is 8.04. The van der Waals surface area contributed by atoms with Gasteiger partial charge in [0, 0.05) is 5.92 Å². The molecule has 2 nitrogen and oxygen atoms in total. The van der Waals surface area contributed by atoms with Gasteiger partial charge < -0.3 is 0 Å². The minimum Gasteiger partial charge on any atom is -0.297 e. The maximum absolute atomic E-state index is 13.0. The first-order valence-electron chi connectivity index (χ1n) is 8.04. The number of carbonyl (C=O) groups excluding carboxylic acids is 1. The monoisotopic (exact) mass is 251 g/mol. The lowest BCUT2D eigenvalue weighted by atomic mass is 9.75. The fourth-order valence-electron chi connectivity index (χ4n) is 4.09. The largest absolute Gasteiger partial charge is 0.297 e. The van der Waals surface area contributed by atoms with Crippen LogP contribution >= 0.6 is 0 Å². The average molecular weight is 251 g/mol. The normalized spacial score (nSPS) is 23.4. The number of ketones is 1. The van der Waals surface area contributed by atoms with Crippen molar-refractivity contribution in [3.63, 3.8) is 0 Å². The molecule has 0 spiro atoms. The molecule has 0 radical (unpaired) electrons. The Balaban J connectivity index is 2.14. The van der Waals surface area contributed by atoms with Crippen molar-refractivity contribution in [3.05, 3.63) is 0 Å². The summed E-state index contributed by atoms with van der Waals surface area (Å²) in [6.45, 7) is 6.70. The van der Waals surface area contributed by atoms with Crippen LogP contribution in [0.15, 0.2) is 0 Å². The van der Waals surface area contributed by atoms with Crippen LogP contribution in [0, 0.1) is 5.92 Å². The first kappa shape index (κ1) is 14.0. The Morgan fingerprint density at radius 1 is 1.00 bits per heavy atom. The van der Waals surface area contributed by atoms with Crippen molar-refractivity contribution < 1.29 is 4.79 Å². The van der Waals surface area contributed by atoms with E-state index in [0.29, 0.717) is 11.7 Å². The first-order chi connectivity index (χ1) is 8.74. The van der Waals surface area contributed by atoms with Crippen LogP contribution in [-0.2, 0) is 4.79 Å². The maximum atomic E-state index is 13.0. The molecule has 0 aromatic heterocycles. The number of hydrogen-bond donors (Lipinski definition) is 0. The topological polar surface area (TPSA) is 20.3 Å². The highest BCUT2D eigenvalue weighted by Gasteiger charge is 2.44. The summed E-state index contributed by atoms with van der Waals surface area (Å²) in [5.74, 6) is 0.938. The van der Waals surface area contributed by atoms with E-state index in [2.05, 4.69) is 18.7 Å². The molecule has 2 heteroatoms. The van der Waals surface area contributed by atoms with E-state index in [9.17, 15) is 4.79 Å². The van der Waals surface area contributed by atoms with Gasteiger partial charge in [-0.15, -0.1) is 0 Å². The zero-order valence-corrected chi connectivity index (χ0v) is 12.2. The van der Waals surface area contributed by atoms with Crippen LogP contribution in [0.25, 0.3) is 0 Å². The zero-order chi connectivity index (χ0) is 13.0. The second-order valence-corrected chi connectivity index (χ2v) is 6.13. The van der Waals surface area contributed by atoms with Gasteiger partial charge in [-0.2, -0.15) is 0 Å². The van der Waals surface area contributed by atoms with Gasteiger partial charge in [0.25, 0.3) is 0 Å². The van der Waals surface area contributed by atoms with E-state index in [1.165, 1.54) is 32.1 Å². The van der Waals surface area contributed by atoms with Crippen LogP contribution in [-0.4, -0.2) is 29.3 Å². The molecule has 2 rings (SSSR count).